The van der Waals surface area contributed by atoms with E-state index in [9.17, 15) is 0 Å². The summed E-state index contributed by atoms with van der Waals surface area (Å²) in [5.74, 6) is 2.54. The molecule has 1 aliphatic rings. The van der Waals surface area contributed by atoms with E-state index >= 15 is 0 Å². The van der Waals surface area contributed by atoms with Crippen LogP contribution in [0.15, 0.2) is 11.2 Å². The molecule has 1 saturated heterocycles. The van der Waals surface area contributed by atoms with Gasteiger partial charge in [0.05, 0.1) is 5.01 Å². The molecule has 0 bridgehead atoms. The minimum atomic E-state index is 0. The molecule has 2 unspecified atom stereocenters. The maximum absolute atomic E-state index is 4.47. The van der Waals surface area contributed by atoms with E-state index in [-0.39, 0.29) is 24.0 Å². The monoisotopic (exact) mass is 436 g/mol. The van der Waals surface area contributed by atoms with E-state index in [0.29, 0.717) is 0 Å². The molecule has 2 rings (SSSR count). The number of aliphatic imine (C=N–C) groups is 1. The Morgan fingerprint density at radius 3 is 2.64 bits per heavy atom. The Morgan fingerprint density at radius 2 is 2.09 bits per heavy atom. The summed E-state index contributed by atoms with van der Waals surface area (Å²) in [6.45, 7) is 9.97. The standard InChI is InChI=1S/C16H28N4S.HI/c1-5-14-9-19-15(21-14)6-7-18-16(17-4)20-10-12(2)8-13(3)11-20;/h9,12-13H,5-8,10-11H2,1-4H3,(H,17,18);1H. The molecule has 2 atom stereocenters. The van der Waals surface area contributed by atoms with Gasteiger partial charge in [-0.2, -0.15) is 0 Å². The number of aromatic nitrogens is 1. The number of guanidine groups is 1. The van der Waals surface area contributed by atoms with Gasteiger partial charge in [0.2, 0.25) is 0 Å². The Balaban J connectivity index is 0.00000242. The van der Waals surface area contributed by atoms with E-state index in [1.54, 1.807) is 0 Å². The Morgan fingerprint density at radius 1 is 1.41 bits per heavy atom. The average molecular weight is 436 g/mol. The summed E-state index contributed by atoms with van der Waals surface area (Å²) in [6.07, 6.45) is 5.38. The molecule has 126 valence electrons. The van der Waals surface area contributed by atoms with E-state index in [1.165, 1.54) is 16.3 Å². The van der Waals surface area contributed by atoms with Gasteiger partial charge in [-0.05, 0) is 24.7 Å². The summed E-state index contributed by atoms with van der Waals surface area (Å²) < 4.78 is 0. The number of halogens is 1. The molecule has 0 saturated carbocycles. The zero-order valence-electron chi connectivity index (χ0n) is 14.1. The van der Waals surface area contributed by atoms with Gasteiger partial charge >= 0.3 is 0 Å². The average Bonchev–Trinajstić information content (AvgIpc) is 2.90. The highest BCUT2D eigenvalue weighted by Crippen LogP contribution is 2.20. The molecule has 0 aromatic carbocycles. The van der Waals surface area contributed by atoms with Crippen LogP contribution in [0.1, 0.15) is 37.1 Å². The van der Waals surface area contributed by atoms with Crippen molar-refractivity contribution in [2.45, 2.75) is 40.0 Å². The molecular formula is C16H29IN4S. The third kappa shape index (κ3) is 5.68. The van der Waals surface area contributed by atoms with Gasteiger partial charge in [0, 0.05) is 44.2 Å². The molecule has 1 aromatic rings. The Hall–Kier alpha value is -0.370. The lowest BCUT2D eigenvalue weighted by molar-refractivity contribution is 0.208. The number of nitrogens with zero attached hydrogens (tertiary/aromatic N) is 3. The Kier molecular flexibility index (Phi) is 8.67. The van der Waals surface area contributed by atoms with E-state index < -0.39 is 0 Å². The van der Waals surface area contributed by atoms with Gasteiger partial charge in [0.1, 0.15) is 0 Å². The molecule has 0 aliphatic carbocycles. The number of hydrogen-bond acceptors (Lipinski definition) is 3. The van der Waals surface area contributed by atoms with E-state index in [0.717, 1.165) is 50.3 Å². The first-order chi connectivity index (χ1) is 10.1. The topological polar surface area (TPSA) is 40.5 Å². The van der Waals surface area contributed by atoms with Crippen LogP contribution >= 0.6 is 35.3 Å². The van der Waals surface area contributed by atoms with Crippen LogP contribution in [0.2, 0.25) is 0 Å². The summed E-state index contributed by atoms with van der Waals surface area (Å²) in [7, 11) is 1.88. The molecule has 1 aliphatic heterocycles. The summed E-state index contributed by atoms with van der Waals surface area (Å²) >= 11 is 1.82. The SMILES string of the molecule is CCc1cnc(CCNC(=NC)N2CC(C)CC(C)C2)s1.I. The van der Waals surface area contributed by atoms with Crippen LogP contribution in [0.3, 0.4) is 0 Å². The van der Waals surface area contributed by atoms with Crippen LogP contribution in [-0.2, 0) is 12.8 Å². The van der Waals surface area contributed by atoms with Crippen LogP contribution < -0.4 is 5.32 Å². The second-order valence-corrected chi connectivity index (χ2v) is 7.35. The molecule has 0 amide bonds. The summed E-state index contributed by atoms with van der Waals surface area (Å²) in [6, 6.07) is 0. The lowest BCUT2D eigenvalue weighted by Gasteiger charge is -2.37. The zero-order chi connectivity index (χ0) is 15.2. The fourth-order valence-corrected chi connectivity index (χ4v) is 3.94. The fraction of sp³-hybridized carbons (Fsp3) is 0.750. The van der Waals surface area contributed by atoms with Gasteiger partial charge in [-0.1, -0.05) is 20.8 Å². The lowest BCUT2D eigenvalue weighted by atomic mass is 9.92. The highest BCUT2D eigenvalue weighted by Gasteiger charge is 2.23. The molecule has 6 heteroatoms. The zero-order valence-corrected chi connectivity index (χ0v) is 17.3. The van der Waals surface area contributed by atoms with Crippen molar-refractivity contribution in [3.8, 4) is 0 Å². The minimum absolute atomic E-state index is 0. The van der Waals surface area contributed by atoms with Crippen LogP contribution in [0, 0.1) is 11.8 Å². The Labute approximate surface area is 155 Å². The lowest BCUT2D eigenvalue weighted by Crippen LogP contribution is -2.48. The van der Waals surface area contributed by atoms with Crippen molar-refractivity contribution < 1.29 is 0 Å². The number of likely N-dealkylation sites (tertiary alicyclic amines) is 1. The van der Waals surface area contributed by atoms with E-state index in [2.05, 4.69) is 41.0 Å². The maximum atomic E-state index is 4.47. The highest BCUT2D eigenvalue weighted by molar-refractivity contribution is 14.0. The van der Waals surface area contributed by atoms with E-state index in [1.807, 2.05) is 24.6 Å². The molecule has 1 N–H and O–H groups in total. The third-order valence-corrected chi connectivity index (χ3v) is 5.15. The number of hydrogen-bond donors (Lipinski definition) is 1. The van der Waals surface area contributed by atoms with Crippen LogP contribution in [0.25, 0.3) is 0 Å². The molecule has 22 heavy (non-hydrogen) atoms. The summed E-state index contributed by atoms with van der Waals surface area (Å²) in [4.78, 5) is 12.7. The van der Waals surface area contributed by atoms with E-state index in [4.69, 9.17) is 0 Å². The normalized spacial score (nSPS) is 22.4. The maximum Gasteiger partial charge on any atom is 0.193 e. The van der Waals surface area contributed by atoms with Gasteiger partial charge in [-0.3, -0.25) is 4.99 Å². The van der Waals surface area contributed by atoms with Crippen LogP contribution in [0.5, 0.6) is 0 Å². The van der Waals surface area contributed by atoms with Crippen molar-refractivity contribution in [3.63, 3.8) is 0 Å². The van der Waals surface area contributed by atoms with Gasteiger partial charge < -0.3 is 10.2 Å². The largest absolute Gasteiger partial charge is 0.356 e. The van der Waals surface area contributed by atoms with Crippen molar-refractivity contribution in [2.24, 2.45) is 16.8 Å². The molecule has 4 nitrogen and oxygen atoms in total. The minimum Gasteiger partial charge on any atom is -0.356 e. The van der Waals surface area contributed by atoms with Crippen molar-refractivity contribution in [3.05, 3.63) is 16.1 Å². The van der Waals surface area contributed by atoms with Crippen LogP contribution in [0.4, 0.5) is 0 Å². The number of rotatable bonds is 4. The predicted octanol–water partition coefficient (Wildman–Crippen LogP) is 3.42. The Bertz CT molecular complexity index is 464. The number of thiazole rings is 1. The molecule has 1 aromatic heterocycles. The summed E-state index contributed by atoms with van der Waals surface area (Å²) in [5, 5.41) is 4.72. The van der Waals surface area contributed by atoms with Crippen LogP contribution in [-0.4, -0.2) is 42.5 Å². The first-order valence-corrected chi connectivity index (χ1v) is 8.83. The second-order valence-electron chi connectivity index (χ2n) is 6.15. The number of aryl methyl sites for hydroxylation is 1. The predicted molar refractivity (Wildman–Crippen MR) is 106 cm³/mol. The molecule has 0 radical (unpaired) electrons. The molecule has 0 spiro atoms. The highest BCUT2D eigenvalue weighted by atomic mass is 127. The number of piperidine rings is 1. The number of nitrogens with one attached hydrogen (secondary N) is 1. The van der Waals surface area contributed by atoms with Gasteiger partial charge in [-0.25, -0.2) is 4.98 Å². The fourth-order valence-electron chi connectivity index (χ4n) is 3.08. The smallest absolute Gasteiger partial charge is 0.193 e. The first-order valence-electron chi connectivity index (χ1n) is 8.01. The third-order valence-electron chi connectivity index (χ3n) is 3.95. The molecular weight excluding hydrogens is 407 g/mol. The van der Waals surface area contributed by atoms with Gasteiger partial charge in [-0.15, -0.1) is 35.3 Å². The first kappa shape index (κ1) is 19.7. The molecule has 1 fully saturated rings. The summed E-state index contributed by atoms with van der Waals surface area (Å²) in [5.41, 5.74) is 0. The van der Waals surface area contributed by atoms with Gasteiger partial charge in [0.15, 0.2) is 5.96 Å². The van der Waals surface area contributed by atoms with Crippen molar-refractivity contribution in [2.75, 3.05) is 26.7 Å². The van der Waals surface area contributed by atoms with Gasteiger partial charge in [0.25, 0.3) is 0 Å². The van der Waals surface area contributed by atoms with Crippen molar-refractivity contribution in [1.29, 1.82) is 0 Å². The molecule has 2 heterocycles. The second kappa shape index (κ2) is 9.70. The van der Waals surface area contributed by atoms with Crippen molar-refractivity contribution in [1.82, 2.24) is 15.2 Å². The quantitative estimate of drug-likeness (QED) is 0.447. The van der Waals surface area contributed by atoms with Crippen molar-refractivity contribution >= 4 is 41.3 Å².